The number of hydrogen-bond donors (Lipinski definition) is 4. The summed E-state index contributed by atoms with van der Waals surface area (Å²) in [6, 6.07) is 13.8. The maximum atomic E-state index is 12.5. The van der Waals surface area contributed by atoms with Crippen LogP contribution in [0.5, 0.6) is 0 Å². The number of anilines is 3. The topological polar surface area (TPSA) is 103 Å². The smallest absolute Gasteiger partial charge is 0.323 e. The Balaban J connectivity index is 1.51. The number of piperidine rings is 1. The summed E-state index contributed by atoms with van der Waals surface area (Å²) < 4.78 is 0. The van der Waals surface area contributed by atoms with Gasteiger partial charge in [0.1, 0.15) is 0 Å². The van der Waals surface area contributed by atoms with Gasteiger partial charge in [0.15, 0.2) is 0 Å². The van der Waals surface area contributed by atoms with Gasteiger partial charge in [0.2, 0.25) is 5.91 Å². The van der Waals surface area contributed by atoms with Gasteiger partial charge in [-0.05, 0) is 56.2 Å². The molecule has 5 amide bonds. The third-order valence-corrected chi connectivity index (χ3v) is 5.03. The van der Waals surface area contributed by atoms with Crippen LogP contribution in [0.2, 0.25) is 0 Å². The van der Waals surface area contributed by atoms with E-state index in [-0.39, 0.29) is 23.9 Å². The zero-order valence-electron chi connectivity index (χ0n) is 17.2. The molecule has 8 heteroatoms. The van der Waals surface area contributed by atoms with Crippen molar-refractivity contribution in [2.45, 2.75) is 19.8 Å². The van der Waals surface area contributed by atoms with Crippen LogP contribution in [-0.4, -0.2) is 43.0 Å². The van der Waals surface area contributed by atoms with E-state index in [2.05, 4.69) is 21.3 Å². The Kier molecular flexibility index (Phi) is 6.90. The Morgan fingerprint density at radius 2 is 1.40 bits per heavy atom. The molecule has 2 aromatic rings. The lowest BCUT2D eigenvalue weighted by Gasteiger charge is -2.31. The van der Waals surface area contributed by atoms with Gasteiger partial charge in [0.25, 0.3) is 0 Å². The van der Waals surface area contributed by atoms with Crippen molar-refractivity contribution in [1.82, 2.24) is 10.2 Å². The predicted molar refractivity (Wildman–Crippen MR) is 118 cm³/mol. The number of rotatable bonds is 4. The minimum Gasteiger partial charge on any atom is -0.359 e. The van der Waals surface area contributed by atoms with Gasteiger partial charge in [-0.1, -0.05) is 17.7 Å². The monoisotopic (exact) mass is 409 g/mol. The number of benzene rings is 2. The van der Waals surface area contributed by atoms with Gasteiger partial charge in [0.05, 0.1) is 5.92 Å². The predicted octanol–water partition coefficient (Wildman–Crippen LogP) is 3.63. The van der Waals surface area contributed by atoms with Crippen LogP contribution in [-0.2, 0) is 4.79 Å². The summed E-state index contributed by atoms with van der Waals surface area (Å²) in [4.78, 5) is 38.1. The lowest BCUT2D eigenvalue weighted by Crippen LogP contribution is -2.46. The summed E-state index contributed by atoms with van der Waals surface area (Å²) in [5.74, 6) is -0.208. The molecule has 1 saturated heterocycles. The second-order valence-corrected chi connectivity index (χ2v) is 7.35. The fraction of sp³-hybridized carbons (Fsp3) is 0.318. The first-order chi connectivity index (χ1) is 14.4. The van der Waals surface area contributed by atoms with Crippen LogP contribution < -0.4 is 21.3 Å². The van der Waals surface area contributed by atoms with Crippen molar-refractivity contribution in [3.05, 3.63) is 54.1 Å². The molecule has 30 heavy (non-hydrogen) atoms. The molecule has 1 heterocycles. The Morgan fingerprint density at radius 3 is 1.97 bits per heavy atom. The molecule has 1 fully saturated rings. The molecule has 0 saturated carbocycles. The molecule has 0 bridgehead atoms. The van der Waals surface area contributed by atoms with E-state index in [4.69, 9.17) is 0 Å². The first-order valence-electron chi connectivity index (χ1n) is 9.97. The highest BCUT2D eigenvalue weighted by Crippen LogP contribution is 2.19. The van der Waals surface area contributed by atoms with E-state index in [0.717, 1.165) is 18.4 Å². The first-order valence-corrected chi connectivity index (χ1v) is 9.97. The molecule has 1 atom stereocenters. The molecule has 2 aromatic carbocycles. The van der Waals surface area contributed by atoms with Gasteiger partial charge >= 0.3 is 12.1 Å². The summed E-state index contributed by atoms with van der Waals surface area (Å²) in [5.41, 5.74) is 3.05. The summed E-state index contributed by atoms with van der Waals surface area (Å²) in [5, 5.41) is 11.0. The van der Waals surface area contributed by atoms with Crippen molar-refractivity contribution < 1.29 is 14.4 Å². The van der Waals surface area contributed by atoms with Crippen LogP contribution in [0.3, 0.4) is 0 Å². The molecule has 1 aliphatic heterocycles. The summed E-state index contributed by atoms with van der Waals surface area (Å²) in [6.07, 6.45) is 1.58. The molecule has 0 radical (unpaired) electrons. The summed E-state index contributed by atoms with van der Waals surface area (Å²) >= 11 is 0. The number of carbonyl (C=O) groups is 3. The summed E-state index contributed by atoms with van der Waals surface area (Å²) in [7, 11) is 1.61. The highest BCUT2D eigenvalue weighted by Gasteiger charge is 2.27. The molecule has 8 nitrogen and oxygen atoms in total. The Morgan fingerprint density at radius 1 is 0.867 bits per heavy atom. The van der Waals surface area contributed by atoms with E-state index < -0.39 is 0 Å². The minimum atomic E-state index is -0.343. The second-order valence-electron chi connectivity index (χ2n) is 7.35. The number of aryl methyl sites for hydroxylation is 1. The van der Waals surface area contributed by atoms with E-state index in [1.807, 2.05) is 31.2 Å². The van der Waals surface area contributed by atoms with Crippen molar-refractivity contribution in [2.75, 3.05) is 36.1 Å². The Bertz CT molecular complexity index is 896. The normalized spacial score (nSPS) is 15.8. The summed E-state index contributed by atoms with van der Waals surface area (Å²) in [6.45, 7) is 3.01. The lowest BCUT2D eigenvalue weighted by molar-refractivity contribution is -0.125. The van der Waals surface area contributed by atoms with Crippen LogP contribution in [0.25, 0.3) is 0 Å². The largest absolute Gasteiger partial charge is 0.359 e. The average Bonchev–Trinajstić information content (AvgIpc) is 2.76. The Labute approximate surface area is 176 Å². The molecular formula is C22H27N5O3. The highest BCUT2D eigenvalue weighted by atomic mass is 16.2. The fourth-order valence-corrected chi connectivity index (χ4v) is 3.35. The average molecular weight is 409 g/mol. The number of nitrogens with zero attached hydrogens (tertiary/aromatic N) is 1. The number of hydrogen-bond acceptors (Lipinski definition) is 3. The van der Waals surface area contributed by atoms with Gasteiger partial charge in [-0.3, -0.25) is 4.79 Å². The lowest BCUT2D eigenvalue weighted by atomic mass is 9.97. The zero-order chi connectivity index (χ0) is 21.5. The highest BCUT2D eigenvalue weighted by molar-refractivity contribution is 6.00. The molecule has 4 N–H and O–H groups in total. The van der Waals surface area contributed by atoms with Gasteiger partial charge in [-0.25, -0.2) is 9.59 Å². The molecule has 0 spiro atoms. The second kappa shape index (κ2) is 9.78. The minimum absolute atomic E-state index is 0.0353. The van der Waals surface area contributed by atoms with Crippen molar-refractivity contribution >= 4 is 35.0 Å². The molecule has 3 rings (SSSR count). The number of likely N-dealkylation sites (tertiary alicyclic amines) is 1. The molecule has 1 aliphatic rings. The van der Waals surface area contributed by atoms with E-state index in [0.29, 0.717) is 30.2 Å². The first kappa shape index (κ1) is 21.2. The SMILES string of the molecule is CNC(=O)C1CCCN(C(=O)Nc2ccc(NC(=O)Nc3ccc(C)cc3)cc2)C1. The fourth-order valence-electron chi connectivity index (χ4n) is 3.35. The molecule has 0 aromatic heterocycles. The molecule has 158 valence electrons. The third kappa shape index (κ3) is 5.73. The van der Waals surface area contributed by atoms with Crippen molar-refractivity contribution in [3.8, 4) is 0 Å². The molecule has 0 aliphatic carbocycles. The number of carbonyl (C=O) groups excluding carboxylic acids is 3. The van der Waals surface area contributed by atoms with Gasteiger partial charge in [-0.2, -0.15) is 0 Å². The quantitative estimate of drug-likeness (QED) is 0.620. The van der Waals surface area contributed by atoms with Crippen LogP contribution in [0, 0.1) is 12.8 Å². The zero-order valence-corrected chi connectivity index (χ0v) is 17.2. The van der Waals surface area contributed by atoms with E-state index in [1.165, 1.54) is 0 Å². The van der Waals surface area contributed by atoms with E-state index >= 15 is 0 Å². The standard InChI is InChI=1S/C22H27N5O3/c1-15-5-7-17(8-6-15)24-21(29)25-18-9-11-19(12-10-18)26-22(30)27-13-3-4-16(14-27)20(28)23-2/h5-12,16H,3-4,13-14H2,1-2H3,(H,23,28)(H,26,30)(H2,24,25,29). The van der Waals surface area contributed by atoms with Gasteiger partial charge in [0, 0.05) is 37.2 Å². The number of urea groups is 2. The molecular weight excluding hydrogens is 382 g/mol. The van der Waals surface area contributed by atoms with E-state index in [1.54, 1.807) is 36.2 Å². The molecule has 1 unspecified atom stereocenters. The van der Waals surface area contributed by atoms with Gasteiger partial charge in [-0.15, -0.1) is 0 Å². The van der Waals surface area contributed by atoms with Crippen molar-refractivity contribution in [3.63, 3.8) is 0 Å². The van der Waals surface area contributed by atoms with Crippen LogP contribution in [0.4, 0.5) is 26.7 Å². The van der Waals surface area contributed by atoms with Gasteiger partial charge < -0.3 is 26.2 Å². The maximum absolute atomic E-state index is 12.5. The maximum Gasteiger partial charge on any atom is 0.323 e. The number of amides is 5. The van der Waals surface area contributed by atoms with Crippen LogP contribution >= 0.6 is 0 Å². The van der Waals surface area contributed by atoms with Crippen LogP contribution in [0.1, 0.15) is 18.4 Å². The van der Waals surface area contributed by atoms with Crippen molar-refractivity contribution in [1.29, 1.82) is 0 Å². The van der Waals surface area contributed by atoms with E-state index in [9.17, 15) is 14.4 Å². The Hall–Kier alpha value is -3.55. The van der Waals surface area contributed by atoms with Crippen molar-refractivity contribution in [2.24, 2.45) is 5.92 Å². The third-order valence-electron chi connectivity index (χ3n) is 5.03. The number of nitrogens with one attached hydrogen (secondary N) is 4. The van der Waals surface area contributed by atoms with Crippen LogP contribution in [0.15, 0.2) is 48.5 Å².